The highest BCUT2D eigenvalue weighted by Gasteiger charge is 2.52. The van der Waals surface area contributed by atoms with Gasteiger partial charge >= 0.3 is 13.2 Å². The molecule has 1 heterocycles. The zero-order valence-electron chi connectivity index (χ0n) is 19.3. The third-order valence-corrected chi connectivity index (χ3v) is 5.15. The zero-order valence-corrected chi connectivity index (χ0v) is 19.3. The van der Waals surface area contributed by atoms with E-state index >= 15 is 0 Å². The van der Waals surface area contributed by atoms with Crippen molar-refractivity contribution >= 4 is 25.0 Å². The summed E-state index contributed by atoms with van der Waals surface area (Å²) in [7, 11) is 3.46. The Kier molecular flexibility index (Phi) is 6.75. The molecule has 0 saturated carbocycles. The molecular formula is C22H35BN2O4. The number of ether oxygens (including phenoxy) is 1. The molecule has 7 heteroatoms. The quantitative estimate of drug-likeness (QED) is 0.745. The third-order valence-electron chi connectivity index (χ3n) is 5.15. The number of amides is 1. The number of rotatable bonds is 5. The van der Waals surface area contributed by atoms with E-state index in [0.29, 0.717) is 0 Å². The molecule has 0 aliphatic carbocycles. The molecule has 1 N–H and O–H groups in total. The van der Waals surface area contributed by atoms with Gasteiger partial charge in [-0.25, -0.2) is 4.79 Å². The Labute approximate surface area is 175 Å². The number of carbonyl (C=O) groups is 1. The minimum Gasteiger partial charge on any atom is -0.444 e. The van der Waals surface area contributed by atoms with Crippen LogP contribution in [-0.2, 0) is 14.0 Å². The van der Waals surface area contributed by atoms with E-state index in [1.807, 2.05) is 85.7 Å². The number of nitrogens with one attached hydrogen (secondary N) is 1. The van der Waals surface area contributed by atoms with E-state index in [1.54, 1.807) is 0 Å². The number of anilines is 1. The Balaban J connectivity index is 2.25. The van der Waals surface area contributed by atoms with Crippen LogP contribution in [0.1, 0.15) is 54.0 Å². The average Bonchev–Trinajstić information content (AvgIpc) is 2.78. The fourth-order valence-electron chi connectivity index (χ4n) is 2.77. The Bertz CT molecular complexity index is 733. The lowest BCUT2D eigenvalue weighted by atomic mass is 9.77. The van der Waals surface area contributed by atoms with Gasteiger partial charge in [-0.2, -0.15) is 0 Å². The molecular weight excluding hydrogens is 367 g/mol. The van der Waals surface area contributed by atoms with Crippen LogP contribution in [0.15, 0.2) is 29.7 Å². The number of hydrogen-bond donors (Lipinski definition) is 1. The summed E-state index contributed by atoms with van der Waals surface area (Å²) >= 11 is 0. The van der Waals surface area contributed by atoms with E-state index in [2.05, 4.69) is 17.4 Å². The van der Waals surface area contributed by atoms with Crippen molar-refractivity contribution in [1.29, 1.82) is 0 Å². The summed E-state index contributed by atoms with van der Waals surface area (Å²) < 4.78 is 17.8. The summed E-state index contributed by atoms with van der Waals surface area (Å²) in [6.45, 7) is 13.8. The van der Waals surface area contributed by atoms with Crippen LogP contribution in [0.4, 0.5) is 10.5 Å². The van der Waals surface area contributed by atoms with Crippen molar-refractivity contribution in [3.8, 4) is 0 Å². The molecule has 1 aromatic carbocycles. The number of alkyl carbamates (subject to hydrolysis) is 1. The van der Waals surface area contributed by atoms with Crippen LogP contribution in [0.5, 0.6) is 0 Å². The van der Waals surface area contributed by atoms with Crippen molar-refractivity contribution in [3.05, 3.63) is 35.3 Å². The van der Waals surface area contributed by atoms with Crippen LogP contribution in [0.3, 0.4) is 0 Å². The zero-order chi connectivity index (χ0) is 22.0. The van der Waals surface area contributed by atoms with Gasteiger partial charge in [0.15, 0.2) is 0 Å². The maximum Gasteiger partial charge on any atom is 0.492 e. The molecule has 0 bridgehead atoms. The first-order valence-corrected chi connectivity index (χ1v) is 10.0. The first-order chi connectivity index (χ1) is 13.2. The summed E-state index contributed by atoms with van der Waals surface area (Å²) in [6, 6.07) is 8.17. The summed E-state index contributed by atoms with van der Waals surface area (Å²) in [6.07, 6.45) is 1.53. The second kappa shape index (κ2) is 8.40. The maximum absolute atomic E-state index is 12.2. The van der Waals surface area contributed by atoms with Crippen LogP contribution in [0, 0.1) is 0 Å². The van der Waals surface area contributed by atoms with Gasteiger partial charge in [0.1, 0.15) is 5.60 Å². The van der Waals surface area contributed by atoms with Gasteiger partial charge in [0.2, 0.25) is 0 Å². The van der Waals surface area contributed by atoms with Crippen LogP contribution < -0.4 is 10.2 Å². The monoisotopic (exact) mass is 402 g/mol. The maximum atomic E-state index is 12.2. The molecule has 0 radical (unpaired) electrons. The Hall–Kier alpha value is -1.99. The Morgan fingerprint density at radius 1 is 1.10 bits per heavy atom. The predicted molar refractivity (Wildman–Crippen MR) is 119 cm³/mol. The van der Waals surface area contributed by atoms with Gasteiger partial charge < -0.3 is 24.3 Å². The van der Waals surface area contributed by atoms with Gasteiger partial charge in [0, 0.05) is 26.3 Å². The average molecular weight is 402 g/mol. The van der Waals surface area contributed by atoms with E-state index < -0.39 is 30.0 Å². The highest BCUT2D eigenvalue weighted by Crippen LogP contribution is 2.38. The van der Waals surface area contributed by atoms with Gasteiger partial charge in [-0.1, -0.05) is 18.2 Å². The van der Waals surface area contributed by atoms with Crippen molar-refractivity contribution < 1.29 is 18.8 Å². The highest BCUT2D eigenvalue weighted by atomic mass is 16.7. The standard InChI is InChI=1S/C22H35BN2O4/c1-20(2,3)27-19(26)24-15-17(23-28-21(4,5)22(6,7)29-23)14-16-10-12-18(13-11-16)25(8)9/h10-14H,15H2,1-9H3,(H,24,26). The third kappa shape index (κ3) is 6.24. The van der Waals surface area contributed by atoms with Crippen molar-refractivity contribution in [3.63, 3.8) is 0 Å². The molecule has 2 rings (SSSR count). The second-order valence-corrected chi connectivity index (χ2v) is 9.65. The normalized spacial score (nSPS) is 18.5. The summed E-state index contributed by atoms with van der Waals surface area (Å²) in [5, 5.41) is 2.82. The highest BCUT2D eigenvalue weighted by molar-refractivity contribution is 6.56. The van der Waals surface area contributed by atoms with E-state index in [1.165, 1.54) is 0 Å². The number of carbonyl (C=O) groups excluding carboxylic acids is 1. The van der Waals surface area contributed by atoms with E-state index in [0.717, 1.165) is 16.7 Å². The number of benzene rings is 1. The molecule has 0 spiro atoms. The van der Waals surface area contributed by atoms with E-state index in [-0.39, 0.29) is 6.54 Å². The molecule has 1 amide bonds. The molecule has 1 aliphatic heterocycles. The van der Waals surface area contributed by atoms with Gasteiger partial charge in [-0.3, -0.25) is 0 Å². The van der Waals surface area contributed by atoms with Crippen LogP contribution in [0.25, 0.3) is 6.08 Å². The minimum absolute atomic E-state index is 0.265. The summed E-state index contributed by atoms with van der Waals surface area (Å²) in [5.74, 6) is 0. The lowest BCUT2D eigenvalue weighted by molar-refractivity contribution is 0.00578. The smallest absolute Gasteiger partial charge is 0.444 e. The molecule has 160 valence electrons. The molecule has 0 aromatic heterocycles. The van der Waals surface area contributed by atoms with Crippen LogP contribution in [0.2, 0.25) is 0 Å². The predicted octanol–water partition coefficient (Wildman–Crippen LogP) is 4.29. The van der Waals surface area contributed by atoms with Crippen molar-refractivity contribution in [2.24, 2.45) is 0 Å². The van der Waals surface area contributed by atoms with E-state index in [4.69, 9.17) is 14.0 Å². The topological polar surface area (TPSA) is 60.0 Å². The van der Waals surface area contributed by atoms with E-state index in [9.17, 15) is 4.79 Å². The summed E-state index contributed by atoms with van der Waals surface area (Å²) in [4.78, 5) is 14.2. The van der Waals surface area contributed by atoms with Gasteiger partial charge in [0.25, 0.3) is 0 Å². The lowest BCUT2D eigenvalue weighted by Crippen LogP contribution is -2.41. The van der Waals surface area contributed by atoms with Crippen molar-refractivity contribution in [2.45, 2.75) is 65.3 Å². The second-order valence-electron chi connectivity index (χ2n) is 9.65. The van der Waals surface area contributed by atoms with Gasteiger partial charge in [-0.05, 0) is 71.6 Å². The van der Waals surface area contributed by atoms with Crippen molar-refractivity contribution in [2.75, 3.05) is 25.5 Å². The Morgan fingerprint density at radius 3 is 2.07 bits per heavy atom. The molecule has 1 aliphatic rings. The van der Waals surface area contributed by atoms with Gasteiger partial charge in [0.05, 0.1) is 11.2 Å². The van der Waals surface area contributed by atoms with Crippen molar-refractivity contribution in [1.82, 2.24) is 5.32 Å². The van der Waals surface area contributed by atoms with Gasteiger partial charge in [-0.15, -0.1) is 0 Å². The SMILES string of the molecule is CN(C)c1ccc(C=C(CNC(=O)OC(C)(C)C)B2OC(C)(C)C(C)(C)O2)cc1. The molecule has 1 saturated heterocycles. The molecule has 0 atom stereocenters. The first kappa shape index (κ1) is 23.3. The largest absolute Gasteiger partial charge is 0.492 e. The first-order valence-electron chi connectivity index (χ1n) is 10.0. The number of hydrogen-bond acceptors (Lipinski definition) is 5. The fraction of sp³-hybridized carbons (Fsp3) is 0.591. The molecule has 1 fully saturated rings. The lowest BCUT2D eigenvalue weighted by Gasteiger charge is -2.32. The van der Waals surface area contributed by atoms with Crippen LogP contribution >= 0.6 is 0 Å². The molecule has 6 nitrogen and oxygen atoms in total. The fourth-order valence-corrected chi connectivity index (χ4v) is 2.77. The Morgan fingerprint density at radius 2 is 1.62 bits per heavy atom. The minimum atomic E-state index is -0.555. The molecule has 0 unspecified atom stereocenters. The molecule has 1 aromatic rings. The number of nitrogens with zero attached hydrogens (tertiary/aromatic N) is 1. The summed E-state index contributed by atoms with van der Waals surface area (Å²) in [5.41, 5.74) is 1.47. The van der Waals surface area contributed by atoms with Crippen LogP contribution in [-0.4, -0.2) is 50.7 Å². The molecule has 29 heavy (non-hydrogen) atoms.